The summed E-state index contributed by atoms with van der Waals surface area (Å²) in [4.78, 5) is 2.34. The maximum absolute atomic E-state index is 4.41. The number of benzene rings is 2. The van der Waals surface area contributed by atoms with E-state index in [0.29, 0.717) is 0 Å². The van der Waals surface area contributed by atoms with Crippen molar-refractivity contribution in [2.24, 2.45) is 7.05 Å². The lowest BCUT2D eigenvalue weighted by Gasteiger charge is -2.21. The molecule has 5 heteroatoms. The first-order valence-electron chi connectivity index (χ1n) is 9.05. The summed E-state index contributed by atoms with van der Waals surface area (Å²) in [7, 11) is 2.03. The molecule has 1 aromatic heterocycles. The predicted molar refractivity (Wildman–Crippen MR) is 111 cm³/mol. The highest BCUT2D eigenvalue weighted by Gasteiger charge is 2.12. The number of nitrogens with zero attached hydrogens (tertiary/aromatic N) is 4. The number of thioether (sulfide) groups is 1. The van der Waals surface area contributed by atoms with E-state index in [1.165, 1.54) is 16.8 Å². The molecule has 0 N–H and O–H groups in total. The van der Waals surface area contributed by atoms with Crippen LogP contribution in [0.3, 0.4) is 0 Å². The second-order valence-corrected chi connectivity index (χ2v) is 7.30. The Balaban J connectivity index is 1.74. The Morgan fingerprint density at radius 3 is 2.38 bits per heavy atom. The van der Waals surface area contributed by atoms with Crippen LogP contribution >= 0.6 is 11.8 Å². The highest BCUT2D eigenvalue weighted by Crippen LogP contribution is 2.26. The van der Waals surface area contributed by atoms with Crippen molar-refractivity contribution in [3.05, 3.63) is 59.7 Å². The number of hydrogen-bond donors (Lipinski definition) is 0. The average molecular weight is 367 g/mol. The van der Waals surface area contributed by atoms with Crippen LogP contribution in [0.1, 0.15) is 25.0 Å². The maximum atomic E-state index is 4.41. The lowest BCUT2D eigenvalue weighted by Crippen LogP contribution is -2.21. The summed E-state index contributed by atoms with van der Waals surface area (Å²) in [6.07, 6.45) is 0. The second kappa shape index (κ2) is 8.41. The zero-order valence-electron chi connectivity index (χ0n) is 15.9. The fourth-order valence-electron chi connectivity index (χ4n) is 3.05. The van der Waals surface area contributed by atoms with Crippen molar-refractivity contribution in [3.63, 3.8) is 0 Å². The quantitative estimate of drug-likeness (QED) is 0.555. The Bertz CT molecular complexity index is 851. The SMILES string of the molecule is CCN(CC)c1ccc(-c2nnc(SCc3cccc(C)c3)n2C)cc1. The minimum absolute atomic E-state index is 0.897. The molecule has 0 fully saturated rings. The number of aromatic nitrogens is 3. The first-order valence-corrected chi connectivity index (χ1v) is 10.0. The van der Waals surface area contributed by atoms with Gasteiger partial charge in [-0.15, -0.1) is 10.2 Å². The third-order valence-electron chi connectivity index (χ3n) is 4.54. The van der Waals surface area contributed by atoms with Crippen molar-refractivity contribution in [1.29, 1.82) is 0 Å². The van der Waals surface area contributed by atoms with Gasteiger partial charge in [0.05, 0.1) is 0 Å². The topological polar surface area (TPSA) is 34.0 Å². The van der Waals surface area contributed by atoms with Gasteiger partial charge in [-0.25, -0.2) is 0 Å². The zero-order valence-corrected chi connectivity index (χ0v) is 16.8. The van der Waals surface area contributed by atoms with Gasteiger partial charge >= 0.3 is 0 Å². The van der Waals surface area contributed by atoms with E-state index in [9.17, 15) is 0 Å². The fourth-order valence-corrected chi connectivity index (χ4v) is 3.91. The van der Waals surface area contributed by atoms with Gasteiger partial charge in [0.15, 0.2) is 11.0 Å². The Morgan fingerprint density at radius 1 is 1.00 bits per heavy atom. The largest absolute Gasteiger partial charge is 0.372 e. The minimum atomic E-state index is 0.897. The third-order valence-corrected chi connectivity index (χ3v) is 5.63. The van der Waals surface area contributed by atoms with Gasteiger partial charge in [-0.3, -0.25) is 0 Å². The van der Waals surface area contributed by atoms with Crippen LogP contribution in [0, 0.1) is 6.92 Å². The van der Waals surface area contributed by atoms with Crippen LogP contribution in [-0.2, 0) is 12.8 Å². The fraction of sp³-hybridized carbons (Fsp3) is 0.333. The summed E-state index contributed by atoms with van der Waals surface area (Å²) in [5.41, 5.74) is 4.94. The number of rotatable bonds is 7. The molecule has 0 atom stereocenters. The molecule has 0 unspecified atom stereocenters. The predicted octanol–water partition coefficient (Wildman–Crippen LogP) is 4.93. The Hall–Kier alpha value is -2.27. The molecule has 3 aromatic rings. The van der Waals surface area contributed by atoms with Gasteiger partial charge in [-0.2, -0.15) is 0 Å². The molecule has 0 aliphatic carbocycles. The average Bonchev–Trinajstić information content (AvgIpc) is 3.02. The molecule has 4 nitrogen and oxygen atoms in total. The van der Waals surface area contributed by atoms with E-state index in [4.69, 9.17) is 0 Å². The van der Waals surface area contributed by atoms with Gasteiger partial charge in [0.2, 0.25) is 0 Å². The Kier molecular flexibility index (Phi) is 5.99. The lowest BCUT2D eigenvalue weighted by atomic mass is 10.2. The molecule has 0 amide bonds. The van der Waals surface area contributed by atoms with Crippen molar-refractivity contribution >= 4 is 17.4 Å². The van der Waals surface area contributed by atoms with E-state index >= 15 is 0 Å². The van der Waals surface area contributed by atoms with Crippen LogP contribution < -0.4 is 4.90 Å². The van der Waals surface area contributed by atoms with Gasteiger partial charge in [0, 0.05) is 37.1 Å². The molecule has 1 heterocycles. The van der Waals surface area contributed by atoms with E-state index in [2.05, 4.69) is 89.0 Å². The minimum Gasteiger partial charge on any atom is -0.372 e. The number of hydrogen-bond acceptors (Lipinski definition) is 4. The van der Waals surface area contributed by atoms with E-state index in [-0.39, 0.29) is 0 Å². The number of anilines is 1. The van der Waals surface area contributed by atoms with Crippen molar-refractivity contribution in [2.45, 2.75) is 31.7 Å². The summed E-state index contributed by atoms with van der Waals surface area (Å²) in [6, 6.07) is 17.2. The van der Waals surface area contributed by atoms with Crippen LogP contribution in [0.2, 0.25) is 0 Å². The normalized spacial score (nSPS) is 10.9. The molecule has 0 aliphatic heterocycles. The summed E-state index contributed by atoms with van der Waals surface area (Å²) in [5.74, 6) is 1.80. The Labute approximate surface area is 160 Å². The molecule has 0 saturated carbocycles. The van der Waals surface area contributed by atoms with Crippen molar-refractivity contribution in [3.8, 4) is 11.4 Å². The van der Waals surface area contributed by atoms with Gasteiger partial charge in [-0.1, -0.05) is 41.6 Å². The van der Waals surface area contributed by atoms with Crippen molar-refractivity contribution < 1.29 is 0 Å². The van der Waals surface area contributed by atoms with E-state index < -0.39 is 0 Å². The van der Waals surface area contributed by atoms with Crippen LogP contribution in [0.15, 0.2) is 53.7 Å². The summed E-state index contributed by atoms with van der Waals surface area (Å²) in [5, 5.41) is 9.73. The molecule has 0 saturated heterocycles. The molecular weight excluding hydrogens is 340 g/mol. The van der Waals surface area contributed by atoms with Gasteiger partial charge in [-0.05, 0) is 50.6 Å². The van der Waals surface area contributed by atoms with Crippen molar-refractivity contribution in [2.75, 3.05) is 18.0 Å². The highest BCUT2D eigenvalue weighted by molar-refractivity contribution is 7.98. The van der Waals surface area contributed by atoms with Gasteiger partial charge in [0.25, 0.3) is 0 Å². The van der Waals surface area contributed by atoms with E-state index in [1.807, 2.05) is 7.05 Å². The Morgan fingerprint density at radius 2 is 1.73 bits per heavy atom. The smallest absolute Gasteiger partial charge is 0.191 e. The van der Waals surface area contributed by atoms with Crippen LogP contribution in [0.5, 0.6) is 0 Å². The molecular formula is C21H26N4S. The summed E-state index contributed by atoms with van der Waals surface area (Å²) >= 11 is 1.72. The van der Waals surface area contributed by atoms with Crippen LogP contribution in [0.4, 0.5) is 5.69 Å². The lowest BCUT2D eigenvalue weighted by molar-refractivity contribution is 0.793. The maximum Gasteiger partial charge on any atom is 0.191 e. The third kappa shape index (κ3) is 4.10. The van der Waals surface area contributed by atoms with Crippen molar-refractivity contribution in [1.82, 2.24) is 14.8 Å². The number of aryl methyl sites for hydroxylation is 1. The molecule has 0 radical (unpaired) electrons. The monoisotopic (exact) mass is 366 g/mol. The van der Waals surface area contributed by atoms with Crippen LogP contribution in [0.25, 0.3) is 11.4 Å². The highest BCUT2D eigenvalue weighted by atomic mass is 32.2. The molecule has 2 aromatic carbocycles. The second-order valence-electron chi connectivity index (χ2n) is 6.36. The molecule has 26 heavy (non-hydrogen) atoms. The van der Waals surface area contributed by atoms with Crippen LogP contribution in [-0.4, -0.2) is 27.9 Å². The van der Waals surface area contributed by atoms with E-state index in [0.717, 1.165) is 35.4 Å². The molecule has 136 valence electrons. The molecule has 0 bridgehead atoms. The first kappa shape index (κ1) is 18.5. The molecule has 0 aliphatic rings. The summed E-state index contributed by atoms with van der Waals surface area (Å²) in [6.45, 7) is 8.51. The first-order chi connectivity index (χ1) is 12.6. The zero-order chi connectivity index (χ0) is 18.5. The standard InChI is InChI=1S/C21H26N4S/c1-5-25(6-2)19-12-10-18(11-13-19)20-22-23-21(24(20)4)26-15-17-9-7-8-16(3)14-17/h7-14H,5-6,15H2,1-4H3. The molecule has 0 spiro atoms. The molecule has 3 rings (SSSR count). The van der Waals surface area contributed by atoms with E-state index in [1.54, 1.807) is 11.8 Å². The summed E-state index contributed by atoms with van der Waals surface area (Å²) < 4.78 is 2.08. The van der Waals surface area contributed by atoms with Gasteiger partial charge < -0.3 is 9.47 Å². The van der Waals surface area contributed by atoms with Gasteiger partial charge in [0.1, 0.15) is 0 Å².